The molecule has 0 saturated carbocycles. The van der Waals surface area contributed by atoms with E-state index in [-0.39, 0.29) is 26.1 Å². The summed E-state index contributed by atoms with van der Waals surface area (Å²) in [6.07, 6.45) is 77.4. The molecule has 0 aromatic heterocycles. The fraction of sp³-hybridized carbons (Fsp3) is 0.548. The van der Waals surface area contributed by atoms with E-state index < -0.39 is 32.5 Å². The first kappa shape index (κ1) is 67.6. The molecule has 72 heavy (non-hydrogen) atoms. The first-order chi connectivity index (χ1) is 35.0. The molecule has 0 fully saturated rings. The summed E-state index contributed by atoms with van der Waals surface area (Å²) in [6, 6.07) is 0. The van der Waals surface area contributed by atoms with Crippen LogP contribution in [-0.4, -0.2) is 74.9 Å². The van der Waals surface area contributed by atoms with Crippen LogP contribution in [-0.2, 0) is 32.7 Å². The van der Waals surface area contributed by atoms with Gasteiger partial charge in [-0.3, -0.25) is 18.6 Å². The van der Waals surface area contributed by atoms with Crippen LogP contribution < -0.4 is 0 Å². The molecule has 0 amide bonds. The van der Waals surface area contributed by atoms with E-state index in [0.717, 1.165) is 128 Å². The number of rotatable bonds is 47. The molecule has 0 aliphatic carbocycles. The van der Waals surface area contributed by atoms with Crippen molar-refractivity contribution < 1.29 is 42.1 Å². The number of esters is 2. The smallest absolute Gasteiger partial charge is 0.462 e. The van der Waals surface area contributed by atoms with Crippen molar-refractivity contribution in [3.05, 3.63) is 158 Å². The number of unbranched alkanes of at least 4 members (excludes halogenated alkanes) is 7. The Labute approximate surface area is 439 Å². The van der Waals surface area contributed by atoms with Gasteiger partial charge in [0.1, 0.15) is 19.8 Å². The fourth-order valence-electron chi connectivity index (χ4n) is 6.41. The Morgan fingerprint density at radius 2 is 0.750 bits per heavy atom. The van der Waals surface area contributed by atoms with Crippen molar-refractivity contribution in [3.8, 4) is 0 Å². The highest BCUT2D eigenvalue weighted by Gasteiger charge is 2.27. The lowest BCUT2D eigenvalue weighted by molar-refractivity contribution is -0.870. The minimum atomic E-state index is -4.41. The molecule has 9 nitrogen and oxygen atoms in total. The van der Waals surface area contributed by atoms with Crippen LogP contribution in [0.5, 0.6) is 0 Å². The number of likely N-dealkylation sites (N-methyl/N-ethyl adjacent to an activating group) is 1. The summed E-state index contributed by atoms with van der Waals surface area (Å²) >= 11 is 0. The molecular weight excluding hydrogens is 918 g/mol. The van der Waals surface area contributed by atoms with Crippen LogP contribution in [0.4, 0.5) is 0 Å². The molecular formula is C62H99NO8P+. The van der Waals surface area contributed by atoms with E-state index in [1.54, 1.807) is 0 Å². The predicted molar refractivity (Wildman–Crippen MR) is 306 cm³/mol. The van der Waals surface area contributed by atoms with Gasteiger partial charge in [-0.25, -0.2) is 4.57 Å². The predicted octanol–water partition coefficient (Wildman–Crippen LogP) is 16.9. The monoisotopic (exact) mass is 1020 g/mol. The van der Waals surface area contributed by atoms with Crippen molar-refractivity contribution >= 4 is 19.8 Å². The number of carbonyl (C=O) groups excluding carboxylic acids is 2. The number of hydrogen-bond acceptors (Lipinski definition) is 7. The van der Waals surface area contributed by atoms with Crippen molar-refractivity contribution in [2.45, 2.75) is 174 Å². The molecule has 0 heterocycles. The van der Waals surface area contributed by atoms with Crippen molar-refractivity contribution in [2.24, 2.45) is 0 Å². The average Bonchev–Trinajstić information content (AvgIpc) is 3.34. The number of ether oxygens (including phenoxy) is 2. The molecule has 2 unspecified atom stereocenters. The maximum absolute atomic E-state index is 12.8. The number of phosphoric acid groups is 1. The van der Waals surface area contributed by atoms with Gasteiger partial charge in [-0.15, -0.1) is 0 Å². The quantitative estimate of drug-likeness (QED) is 0.0211. The molecule has 2 atom stereocenters. The Balaban J connectivity index is 4.34. The third kappa shape index (κ3) is 55.0. The van der Waals surface area contributed by atoms with Crippen LogP contribution in [0.15, 0.2) is 158 Å². The second kappa shape index (κ2) is 51.5. The highest BCUT2D eigenvalue weighted by atomic mass is 31.2. The zero-order valence-corrected chi connectivity index (χ0v) is 46.5. The van der Waals surface area contributed by atoms with Gasteiger partial charge in [-0.2, -0.15) is 0 Å². The van der Waals surface area contributed by atoms with Gasteiger partial charge >= 0.3 is 19.8 Å². The Hall–Kier alpha value is -4.37. The second-order valence-electron chi connectivity index (χ2n) is 18.5. The third-order valence-electron chi connectivity index (χ3n) is 10.6. The summed E-state index contributed by atoms with van der Waals surface area (Å²) in [5.41, 5.74) is 0. The molecule has 0 aromatic rings. The van der Waals surface area contributed by atoms with Gasteiger partial charge in [0.25, 0.3) is 0 Å². The summed E-state index contributed by atoms with van der Waals surface area (Å²) in [5.74, 6) is -0.886. The zero-order chi connectivity index (χ0) is 52.7. The Bertz CT molecular complexity index is 1770. The van der Waals surface area contributed by atoms with Gasteiger partial charge in [-0.05, 0) is 122 Å². The van der Waals surface area contributed by atoms with E-state index in [4.69, 9.17) is 18.5 Å². The average molecular weight is 1020 g/mol. The first-order valence-electron chi connectivity index (χ1n) is 27.2. The van der Waals surface area contributed by atoms with Crippen molar-refractivity contribution in [3.63, 3.8) is 0 Å². The van der Waals surface area contributed by atoms with Crippen molar-refractivity contribution in [1.82, 2.24) is 0 Å². The lowest BCUT2D eigenvalue weighted by Gasteiger charge is -2.24. The van der Waals surface area contributed by atoms with Crippen LogP contribution >= 0.6 is 7.82 Å². The van der Waals surface area contributed by atoms with Crippen molar-refractivity contribution in [2.75, 3.05) is 47.5 Å². The lowest BCUT2D eigenvalue weighted by Crippen LogP contribution is -2.37. The van der Waals surface area contributed by atoms with Gasteiger partial charge in [-0.1, -0.05) is 191 Å². The van der Waals surface area contributed by atoms with E-state index in [1.165, 1.54) is 0 Å². The maximum atomic E-state index is 12.8. The van der Waals surface area contributed by atoms with Gasteiger partial charge in [0.2, 0.25) is 0 Å². The maximum Gasteiger partial charge on any atom is 0.472 e. The van der Waals surface area contributed by atoms with Crippen LogP contribution in [0.3, 0.4) is 0 Å². The summed E-state index contributed by atoms with van der Waals surface area (Å²) in [6.45, 7) is 4.09. The highest BCUT2D eigenvalue weighted by molar-refractivity contribution is 7.47. The van der Waals surface area contributed by atoms with E-state index >= 15 is 0 Å². The summed E-state index contributed by atoms with van der Waals surface area (Å²) in [4.78, 5) is 35.5. The minimum absolute atomic E-state index is 0.0102. The minimum Gasteiger partial charge on any atom is -0.462 e. The van der Waals surface area contributed by atoms with Gasteiger partial charge < -0.3 is 18.9 Å². The molecule has 0 spiro atoms. The second-order valence-corrected chi connectivity index (χ2v) is 19.9. The number of nitrogens with zero attached hydrogens (tertiary/aromatic N) is 1. The highest BCUT2D eigenvalue weighted by Crippen LogP contribution is 2.43. The van der Waals surface area contributed by atoms with E-state index in [9.17, 15) is 19.0 Å². The number of hydrogen-bond donors (Lipinski definition) is 1. The number of quaternary nitrogens is 1. The summed E-state index contributed by atoms with van der Waals surface area (Å²) in [7, 11) is 1.41. The molecule has 0 radical (unpaired) electrons. The third-order valence-corrected chi connectivity index (χ3v) is 11.5. The van der Waals surface area contributed by atoms with E-state index in [2.05, 4.69) is 172 Å². The van der Waals surface area contributed by atoms with Gasteiger partial charge in [0.05, 0.1) is 27.7 Å². The van der Waals surface area contributed by atoms with Crippen LogP contribution in [0.2, 0.25) is 0 Å². The largest absolute Gasteiger partial charge is 0.472 e. The Morgan fingerprint density at radius 3 is 1.14 bits per heavy atom. The number of carbonyl (C=O) groups is 2. The summed E-state index contributed by atoms with van der Waals surface area (Å²) < 4.78 is 34.4. The standard InChI is InChI=1S/C62H98NO8P/c1-6-8-10-12-14-16-18-20-22-23-24-25-26-27-28-29-30-31-32-33-34-35-36-37-38-39-41-43-45-47-49-51-53-55-62(65)71-60(59-70-72(66,67)69-57-56-63(3,4)5)58-68-61(64)54-52-50-48-46-44-42-40-21-19-17-15-13-11-9-7-2/h8-11,14-17,20-22,24-25,27-28,30-31,33-34,36-37,39-41,45,47,60H,6-7,12-13,18-19,23,26,29,32,35,38,42-44,46,48-59H2,1-5H3/p+1/b10-8-,11-9-,16-14-,17-15-,22-20-,25-24-,28-27-,31-30-,34-33-,37-36-,40-21-,41-39-,47-45-. The zero-order valence-electron chi connectivity index (χ0n) is 45.6. The molecule has 0 aliphatic heterocycles. The van der Waals surface area contributed by atoms with E-state index in [0.29, 0.717) is 23.9 Å². The number of phosphoric ester groups is 1. The Morgan fingerprint density at radius 1 is 0.431 bits per heavy atom. The van der Waals surface area contributed by atoms with Crippen LogP contribution in [0.1, 0.15) is 168 Å². The molecule has 404 valence electrons. The SMILES string of the molecule is CC/C=C\C/C=C\C/C=C\C/C=C\C/C=C\C/C=C\C/C=C\C/C=C\C/C=C\C/C=C\CCCCC(=O)OC(COC(=O)CCCCCCC/C=C\C/C=C\C/C=C\CC)COP(=O)(O)OCC[N+](C)(C)C. The van der Waals surface area contributed by atoms with Crippen LogP contribution in [0, 0.1) is 0 Å². The van der Waals surface area contributed by atoms with Gasteiger partial charge in [0, 0.05) is 12.8 Å². The van der Waals surface area contributed by atoms with Crippen molar-refractivity contribution in [1.29, 1.82) is 0 Å². The van der Waals surface area contributed by atoms with Gasteiger partial charge in [0.15, 0.2) is 6.10 Å². The molecule has 10 heteroatoms. The molecule has 1 N–H and O–H groups in total. The molecule has 0 saturated heterocycles. The lowest BCUT2D eigenvalue weighted by atomic mass is 10.1. The molecule has 0 aromatic carbocycles. The van der Waals surface area contributed by atoms with Crippen LogP contribution in [0.25, 0.3) is 0 Å². The molecule has 0 aliphatic rings. The normalized spacial score (nSPS) is 14.6. The Kier molecular flexibility index (Phi) is 48.4. The summed E-state index contributed by atoms with van der Waals surface area (Å²) in [5, 5.41) is 0. The molecule has 0 bridgehead atoms. The first-order valence-corrected chi connectivity index (χ1v) is 28.7. The molecule has 0 rings (SSSR count). The topological polar surface area (TPSA) is 108 Å². The fourth-order valence-corrected chi connectivity index (χ4v) is 7.15. The number of allylic oxidation sites excluding steroid dienone is 26. The van der Waals surface area contributed by atoms with E-state index in [1.807, 2.05) is 21.1 Å².